The van der Waals surface area contributed by atoms with E-state index in [1.165, 1.54) is 11.8 Å². The Kier molecular flexibility index (Phi) is 7.76. The van der Waals surface area contributed by atoms with Crippen molar-refractivity contribution in [3.05, 3.63) is 88.4 Å². The molecule has 0 aliphatic carbocycles. The summed E-state index contributed by atoms with van der Waals surface area (Å²) in [5.41, 5.74) is 6.41. The van der Waals surface area contributed by atoms with Crippen LogP contribution < -0.4 is 10.2 Å². The standard InChI is InChI=1S/C25H22BrN5O2S/c1-17-3-11-21(12-4-17)31-24(19-7-13-22(33-2)14-8-19)29-30-25(31)34-16-23(32)28-27-15-18-5-9-20(26)10-6-18/h3-15H,16H2,1-2H3,(H,28,32). The Morgan fingerprint density at radius 2 is 1.76 bits per heavy atom. The normalized spacial score (nSPS) is 11.0. The van der Waals surface area contributed by atoms with Crippen LogP contribution in [0.1, 0.15) is 11.1 Å². The van der Waals surface area contributed by atoms with Crippen molar-refractivity contribution in [3.8, 4) is 22.8 Å². The van der Waals surface area contributed by atoms with Crippen LogP contribution in [-0.2, 0) is 4.79 Å². The summed E-state index contributed by atoms with van der Waals surface area (Å²) < 4.78 is 8.20. The zero-order valence-electron chi connectivity index (χ0n) is 18.6. The number of thioether (sulfide) groups is 1. The van der Waals surface area contributed by atoms with Crippen molar-refractivity contribution < 1.29 is 9.53 Å². The topological polar surface area (TPSA) is 81.4 Å². The van der Waals surface area contributed by atoms with Gasteiger partial charge in [-0.2, -0.15) is 5.10 Å². The summed E-state index contributed by atoms with van der Waals surface area (Å²) in [4.78, 5) is 12.4. The van der Waals surface area contributed by atoms with Gasteiger partial charge in [-0.1, -0.05) is 57.5 Å². The van der Waals surface area contributed by atoms with Crippen molar-refractivity contribution in [1.82, 2.24) is 20.2 Å². The second-order valence-corrected chi connectivity index (χ2v) is 9.20. The van der Waals surface area contributed by atoms with E-state index in [1.54, 1.807) is 13.3 Å². The van der Waals surface area contributed by atoms with E-state index < -0.39 is 0 Å². The fourth-order valence-electron chi connectivity index (χ4n) is 3.11. The van der Waals surface area contributed by atoms with E-state index in [4.69, 9.17) is 4.74 Å². The maximum absolute atomic E-state index is 12.4. The third kappa shape index (κ3) is 5.92. The van der Waals surface area contributed by atoms with E-state index >= 15 is 0 Å². The Bertz CT molecular complexity index is 1290. The van der Waals surface area contributed by atoms with Crippen LogP contribution in [0.3, 0.4) is 0 Å². The fourth-order valence-corrected chi connectivity index (χ4v) is 4.12. The van der Waals surface area contributed by atoms with E-state index in [1.807, 2.05) is 84.3 Å². The number of rotatable bonds is 8. The molecule has 0 radical (unpaired) electrons. The van der Waals surface area contributed by atoms with Crippen LogP contribution in [0, 0.1) is 6.92 Å². The number of aryl methyl sites for hydroxylation is 1. The quantitative estimate of drug-likeness (QED) is 0.189. The monoisotopic (exact) mass is 535 g/mol. The second kappa shape index (κ2) is 11.1. The number of hydrazone groups is 1. The highest BCUT2D eigenvalue weighted by Gasteiger charge is 2.17. The van der Waals surface area contributed by atoms with Crippen molar-refractivity contribution >= 4 is 39.8 Å². The molecule has 4 rings (SSSR count). The van der Waals surface area contributed by atoms with E-state index in [9.17, 15) is 4.79 Å². The van der Waals surface area contributed by atoms with Gasteiger partial charge in [0.1, 0.15) is 5.75 Å². The van der Waals surface area contributed by atoms with Crippen molar-refractivity contribution in [1.29, 1.82) is 0 Å². The van der Waals surface area contributed by atoms with E-state index in [2.05, 4.69) is 36.7 Å². The van der Waals surface area contributed by atoms with Gasteiger partial charge >= 0.3 is 0 Å². The summed E-state index contributed by atoms with van der Waals surface area (Å²) in [6.45, 7) is 2.04. The fraction of sp³-hybridized carbons (Fsp3) is 0.120. The summed E-state index contributed by atoms with van der Waals surface area (Å²) in [6.07, 6.45) is 1.60. The Balaban J connectivity index is 1.51. The molecule has 4 aromatic rings. The number of carbonyl (C=O) groups excluding carboxylic acids is 1. The number of nitrogens with zero attached hydrogens (tertiary/aromatic N) is 4. The molecule has 1 N–H and O–H groups in total. The highest BCUT2D eigenvalue weighted by Crippen LogP contribution is 2.29. The lowest BCUT2D eigenvalue weighted by Gasteiger charge is -2.11. The second-order valence-electron chi connectivity index (χ2n) is 7.34. The Morgan fingerprint density at radius 3 is 2.44 bits per heavy atom. The largest absolute Gasteiger partial charge is 0.497 e. The van der Waals surface area contributed by atoms with Gasteiger partial charge in [-0.15, -0.1) is 10.2 Å². The van der Waals surface area contributed by atoms with Crippen LogP contribution in [-0.4, -0.2) is 39.7 Å². The Labute approximate surface area is 210 Å². The van der Waals surface area contributed by atoms with Crippen LogP contribution >= 0.6 is 27.7 Å². The number of hydrogen-bond acceptors (Lipinski definition) is 6. The first-order chi connectivity index (χ1) is 16.5. The van der Waals surface area contributed by atoms with Gasteiger partial charge in [-0.25, -0.2) is 5.43 Å². The van der Waals surface area contributed by atoms with Gasteiger partial charge in [0.25, 0.3) is 5.91 Å². The third-order valence-corrected chi connectivity index (χ3v) is 6.34. The molecule has 1 heterocycles. The van der Waals surface area contributed by atoms with Gasteiger partial charge in [0.2, 0.25) is 0 Å². The van der Waals surface area contributed by atoms with E-state index in [-0.39, 0.29) is 11.7 Å². The molecule has 0 spiro atoms. The molecule has 1 aromatic heterocycles. The number of benzene rings is 3. The number of ether oxygens (including phenoxy) is 1. The molecule has 34 heavy (non-hydrogen) atoms. The summed E-state index contributed by atoms with van der Waals surface area (Å²) >= 11 is 4.69. The van der Waals surface area contributed by atoms with Crippen LogP contribution in [0.5, 0.6) is 5.75 Å². The van der Waals surface area contributed by atoms with Crippen LogP contribution in [0.15, 0.2) is 87.5 Å². The number of aromatic nitrogens is 3. The number of halogens is 1. The zero-order valence-corrected chi connectivity index (χ0v) is 21.0. The third-order valence-electron chi connectivity index (χ3n) is 4.88. The first-order valence-electron chi connectivity index (χ1n) is 10.4. The van der Waals surface area contributed by atoms with Gasteiger partial charge in [0.05, 0.1) is 19.1 Å². The molecule has 0 aliphatic rings. The molecular formula is C25H22BrN5O2S. The molecule has 0 aliphatic heterocycles. The van der Waals surface area contributed by atoms with E-state index in [0.29, 0.717) is 11.0 Å². The molecule has 172 valence electrons. The SMILES string of the molecule is COc1ccc(-c2nnc(SCC(=O)NN=Cc3ccc(Br)cc3)n2-c2ccc(C)cc2)cc1. The first-order valence-corrected chi connectivity index (χ1v) is 12.2. The zero-order chi connectivity index (χ0) is 23.9. The summed E-state index contributed by atoms with van der Waals surface area (Å²) in [5, 5.41) is 13.4. The molecule has 0 saturated heterocycles. The number of methoxy groups -OCH3 is 1. The van der Waals surface area contributed by atoms with Crippen molar-refractivity contribution in [2.24, 2.45) is 5.10 Å². The smallest absolute Gasteiger partial charge is 0.250 e. The maximum Gasteiger partial charge on any atom is 0.250 e. The lowest BCUT2D eigenvalue weighted by Crippen LogP contribution is -2.20. The molecule has 0 atom stereocenters. The molecule has 7 nitrogen and oxygen atoms in total. The minimum atomic E-state index is -0.234. The molecule has 3 aromatic carbocycles. The molecule has 0 fully saturated rings. The maximum atomic E-state index is 12.4. The summed E-state index contributed by atoms with van der Waals surface area (Å²) in [7, 11) is 1.63. The Morgan fingerprint density at radius 1 is 1.06 bits per heavy atom. The molecule has 1 amide bonds. The highest BCUT2D eigenvalue weighted by atomic mass is 79.9. The first kappa shape index (κ1) is 23.7. The minimum absolute atomic E-state index is 0.143. The van der Waals surface area contributed by atoms with Gasteiger partial charge in [0.15, 0.2) is 11.0 Å². The molecule has 0 unspecified atom stereocenters. The Hall–Kier alpha value is -3.43. The van der Waals surface area contributed by atoms with Gasteiger partial charge in [0, 0.05) is 15.7 Å². The highest BCUT2D eigenvalue weighted by molar-refractivity contribution is 9.10. The van der Waals surface area contributed by atoms with Crippen LogP contribution in [0.2, 0.25) is 0 Å². The van der Waals surface area contributed by atoms with Crippen molar-refractivity contribution in [2.75, 3.05) is 12.9 Å². The predicted octanol–water partition coefficient (Wildman–Crippen LogP) is 5.26. The number of hydrogen-bond donors (Lipinski definition) is 1. The number of nitrogens with one attached hydrogen (secondary N) is 1. The average Bonchev–Trinajstić information content (AvgIpc) is 3.28. The lowest BCUT2D eigenvalue weighted by molar-refractivity contribution is -0.118. The van der Waals surface area contributed by atoms with Gasteiger partial charge < -0.3 is 4.74 Å². The van der Waals surface area contributed by atoms with Crippen LogP contribution in [0.4, 0.5) is 0 Å². The minimum Gasteiger partial charge on any atom is -0.497 e. The van der Waals surface area contributed by atoms with Gasteiger partial charge in [-0.05, 0) is 61.0 Å². The van der Waals surface area contributed by atoms with Crippen LogP contribution in [0.25, 0.3) is 17.1 Å². The molecule has 9 heteroatoms. The van der Waals surface area contributed by atoms with E-state index in [0.717, 1.165) is 32.6 Å². The molecule has 0 saturated carbocycles. The average molecular weight is 536 g/mol. The van der Waals surface area contributed by atoms with Crippen molar-refractivity contribution in [2.45, 2.75) is 12.1 Å². The predicted molar refractivity (Wildman–Crippen MR) is 139 cm³/mol. The number of carbonyl (C=O) groups is 1. The van der Waals surface area contributed by atoms with Gasteiger partial charge in [-0.3, -0.25) is 9.36 Å². The molecular weight excluding hydrogens is 514 g/mol. The summed E-state index contributed by atoms with van der Waals surface area (Å²) in [6, 6.07) is 23.4. The number of amides is 1. The van der Waals surface area contributed by atoms with Crippen molar-refractivity contribution in [3.63, 3.8) is 0 Å². The lowest BCUT2D eigenvalue weighted by atomic mass is 10.2. The summed E-state index contributed by atoms with van der Waals surface area (Å²) in [5.74, 6) is 1.36. The molecule has 0 bridgehead atoms.